The van der Waals surface area contributed by atoms with Crippen LogP contribution in [0.15, 0.2) is 6.07 Å². The molecule has 0 saturated carbocycles. The number of nitrogens with zero attached hydrogens (tertiary/aromatic N) is 2. The van der Waals surface area contributed by atoms with Crippen molar-refractivity contribution in [3.05, 3.63) is 11.9 Å². The monoisotopic (exact) mass is 250 g/mol. The van der Waals surface area contributed by atoms with Crippen LogP contribution in [0.3, 0.4) is 0 Å². The molecule has 4 heteroatoms. The van der Waals surface area contributed by atoms with Gasteiger partial charge in [-0.2, -0.15) is 0 Å². The Kier molecular flexibility index (Phi) is 4.93. The number of hydrogen-bond donors (Lipinski definition) is 2. The predicted octanol–water partition coefficient (Wildman–Crippen LogP) is 3.17. The van der Waals surface area contributed by atoms with Crippen LogP contribution in [0.4, 0.5) is 11.6 Å². The molecule has 0 bridgehead atoms. The van der Waals surface area contributed by atoms with Crippen LogP contribution in [0.5, 0.6) is 0 Å². The van der Waals surface area contributed by atoms with Crippen molar-refractivity contribution in [3.63, 3.8) is 0 Å². The van der Waals surface area contributed by atoms with Crippen LogP contribution in [0.1, 0.15) is 40.4 Å². The summed E-state index contributed by atoms with van der Waals surface area (Å²) in [6.07, 6.45) is 0.845. The van der Waals surface area contributed by atoms with Gasteiger partial charge in [-0.3, -0.25) is 0 Å². The average molecular weight is 250 g/mol. The lowest BCUT2D eigenvalue weighted by Crippen LogP contribution is -2.28. The van der Waals surface area contributed by atoms with Crippen molar-refractivity contribution in [1.82, 2.24) is 9.97 Å². The van der Waals surface area contributed by atoms with Crippen LogP contribution in [0, 0.1) is 11.3 Å². The zero-order valence-corrected chi connectivity index (χ0v) is 12.5. The number of aryl methyl sites for hydroxylation is 1. The van der Waals surface area contributed by atoms with E-state index in [0.717, 1.165) is 30.4 Å². The summed E-state index contributed by atoms with van der Waals surface area (Å²) in [5, 5.41) is 6.50. The van der Waals surface area contributed by atoms with E-state index in [1.807, 2.05) is 13.1 Å². The fraction of sp³-hybridized carbons (Fsp3) is 0.714. The Labute approximate surface area is 111 Å². The van der Waals surface area contributed by atoms with Gasteiger partial charge in [0.1, 0.15) is 17.5 Å². The summed E-state index contributed by atoms with van der Waals surface area (Å²) >= 11 is 0. The zero-order chi connectivity index (χ0) is 13.8. The van der Waals surface area contributed by atoms with Crippen molar-refractivity contribution >= 4 is 11.6 Å². The van der Waals surface area contributed by atoms with Crippen molar-refractivity contribution in [3.8, 4) is 0 Å². The van der Waals surface area contributed by atoms with E-state index in [-0.39, 0.29) is 5.41 Å². The second-order valence-electron chi connectivity index (χ2n) is 5.66. The molecule has 0 unspecified atom stereocenters. The molecule has 0 aromatic carbocycles. The maximum Gasteiger partial charge on any atom is 0.132 e. The van der Waals surface area contributed by atoms with Crippen molar-refractivity contribution in [2.45, 2.75) is 41.0 Å². The maximum atomic E-state index is 4.50. The third kappa shape index (κ3) is 3.86. The summed E-state index contributed by atoms with van der Waals surface area (Å²) < 4.78 is 0. The van der Waals surface area contributed by atoms with Gasteiger partial charge < -0.3 is 10.6 Å². The Hall–Kier alpha value is -1.32. The number of anilines is 2. The standard InChI is InChI=1S/C14H26N4/c1-7-11-17-12(15-6)8-13(18-11)16-9-14(4,5)10(2)3/h8,10H,7,9H2,1-6H3,(H2,15,16,17,18). The fourth-order valence-electron chi connectivity index (χ4n) is 1.40. The third-order valence-corrected chi connectivity index (χ3v) is 3.63. The van der Waals surface area contributed by atoms with Crippen molar-refractivity contribution < 1.29 is 0 Å². The van der Waals surface area contributed by atoms with E-state index in [2.05, 4.69) is 55.2 Å². The lowest BCUT2D eigenvalue weighted by molar-refractivity contribution is 0.269. The summed E-state index contributed by atoms with van der Waals surface area (Å²) in [4.78, 5) is 8.89. The number of aromatic nitrogens is 2. The summed E-state index contributed by atoms with van der Waals surface area (Å²) in [7, 11) is 1.88. The summed E-state index contributed by atoms with van der Waals surface area (Å²) in [5.41, 5.74) is 0.247. The van der Waals surface area contributed by atoms with Gasteiger partial charge in [-0.05, 0) is 11.3 Å². The molecule has 4 nitrogen and oxygen atoms in total. The first-order valence-electron chi connectivity index (χ1n) is 6.68. The van der Waals surface area contributed by atoms with Gasteiger partial charge in [0.05, 0.1) is 0 Å². The van der Waals surface area contributed by atoms with Crippen LogP contribution in [-0.2, 0) is 6.42 Å². The van der Waals surface area contributed by atoms with Gasteiger partial charge in [-0.25, -0.2) is 9.97 Å². The summed E-state index contributed by atoms with van der Waals surface area (Å²) in [5.74, 6) is 3.26. The highest BCUT2D eigenvalue weighted by atomic mass is 15.1. The van der Waals surface area contributed by atoms with Gasteiger partial charge in [0, 0.05) is 26.1 Å². The molecule has 0 aliphatic rings. The SMILES string of the molecule is CCc1nc(NC)cc(NCC(C)(C)C(C)C)n1. The number of nitrogens with one attached hydrogen (secondary N) is 2. The van der Waals surface area contributed by atoms with Gasteiger partial charge >= 0.3 is 0 Å². The quantitative estimate of drug-likeness (QED) is 0.814. The van der Waals surface area contributed by atoms with Crippen molar-refractivity contribution in [1.29, 1.82) is 0 Å². The fourth-order valence-corrected chi connectivity index (χ4v) is 1.40. The lowest BCUT2D eigenvalue weighted by atomic mass is 9.81. The number of rotatable bonds is 6. The van der Waals surface area contributed by atoms with E-state index in [0.29, 0.717) is 5.92 Å². The van der Waals surface area contributed by atoms with E-state index in [9.17, 15) is 0 Å². The molecule has 102 valence electrons. The van der Waals surface area contributed by atoms with Gasteiger partial charge in [-0.15, -0.1) is 0 Å². The molecule has 0 amide bonds. The average Bonchev–Trinajstić information content (AvgIpc) is 2.35. The maximum absolute atomic E-state index is 4.50. The lowest BCUT2D eigenvalue weighted by Gasteiger charge is -2.29. The van der Waals surface area contributed by atoms with Crippen LogP contribution in [-0.4, -0.2) is 23.6 Å². The van der Waals surface area contributed by atoms with Gasteiger partial charge in [0.15, 0.2) is 0 Å². The molecule has 0 saturated heterocycles. The van der Waals surface area contributed by atoms with E-state index in [1.165, 1.54) is 0 Å². The second kappa shape index (κ2) is 6.03. The van der Waals surface area contributed by atoms with Crippen molar-refractivity contribution in [2.24, 2.45) is 11.3 Å². The van der Waals surface area contributed by atoms with E-state index in [4.69, 9.17) is 0 Å². The molecule has 0 aliphatic heterocycles. The van der Waals surface area contributed by atoms with Crippen LogP contribution in [0.2, 0.25) is 0 Å². The molecule has 0 spiro atoms. The van der Waals surface area contributed by atoms with Crippen LogP contribution < -0.4 is 10.6 Å². The second-order valence-corrected chi connectivity index (χ2v) is 5.66. The normalized spacial score (nSPS) is 11.7. The molecule has 1 rings (SSSR count). The van der Waals surface area contributed by atoms with Crippen LogP contribution >= 0.6 is 0 Å². The highest BCUT2D eigenvalue weighted by Crippen LogP contribution is 2.26. The highest BCUT2D eigenvalue weighted by molar-refractivity contribution is 5.47. The summed E-state index contributed by atoms with van der Waals surface area (Å²) in [6, 6.07) is 1.95. The third-order valence-electron chi connectivity index (χ3n) is 3.63. The molecule has 0 radical (unpaired) electrons. The molecule has 1 aromatic heterocycles. The molecule has 0 atom stereocenters. The molecule has 2 N–H and O–H groups in total. The smallest absolute Gasteiger partial charge is 0.132 e. The Morgan fingerprint density at radius 1 is 1.22 bits per heavy atom. The van der Waals surface area contributed by atoms with Gasteiger partial charge in [0.2, 0.25) is 0 Å². The van der Waals surface area contributed by atoms with Gasteiger partial charge in [-0.1, -0.05) is 34.6 Å². The molecular weight excluding hydrogens is 224 g/mol. The minimum atomic E-state index is 0.247. The summed E-state index contributed by atoms with van der Waals surface area (Å²) in [6.45, 7) is 12.0. The Bertz CT molecular complexity index is 363. The zero-order valence-electron chi connectivity index (χ0n) is 12.5. The molecule has 1 heterocycles. The van der Waals surface area contributed by atoms with Crippen LogP contribution in [0.25, 0.3) is 0 Å². The number of hydrogen-bond acceptors (Lipinski definition) is 4. The first-order chi connectivity index (χ1) is 8.39. The minimum absolute atomic E-state index is 0.247. The molecular formula is C14H26N4. The molecule has 0 fully saturated rings. The molecule has 18 heavy (non-hydrogen) atoms. The van der Waals surface area contributed by atoms with Gasteiger partial charge in [0.25, 0.3) is 0 Å². The molecule has 0 aliphatic carbocycles. The predicted molar refractivity (Wildman–Crippen MR) is 78.1 cm³/mol. The molecule has 1 aromatic rings. The minimum Gasteiger partial charge on any atom is -0.373 e. The topological polar surface area (TPSA) is 49.8 Å². The van der Waals surface area contributed by atoms with E-state index in [1.54, 1.807) is 0 Å². The van der Waals surface area contributed by atoms with E-state index < -0.39 is 0 Å². The first kappa shape index (κ1) is 14.7. The Balaban J connectivity index is 2.78. The Morgan fingerprint density at radius 3 is 2.33 bits per heavy atom. The Morgan fingerprint density at radius 2 is 1.83 bits per heavy atom. The largest absolute Gasteiger partial charge is 0.373 e. The first-order valence-corrected chi connectivity index (χ1v) is 6.68. The van der Waals surface area contributed by atoms with Crippen molar-refractivity contribution in [2.75, 3.05) is 24.2 Å². The highest BCUT2D eigenvalue weighted by Gasteiger charge is 2.22. The van der Waals surface area contributed by atoms with E-state index >= 15 is 0 Å².